The van der Waals surface area contributed by atoms with Gasteiger partial charge in [0.15, 0.2) is 5.84 Å². The number of ether oxygens (including phenoxy) is 1. The van der Waals surface area contributed by atoms with E-state index in [2.05, 4.69) is 11.3 Å². The monoisotopic (exact) mass is 280 g/mol. The van der Waals surface area contributed by atoms with Gasteiger partial charge in [0.2, 0.25) is 0 Å². The van der Waals surface area contributed by atoms with Crippen molar-refractivity contribution in [3.63, 3.8) is 0 Å². The van der Waals surface area contributed by atoms with Crippen molar-refractivity contribution in [3.05, 3.63) is 29.8 Å². The molecule has 0 saturated carbocycles. The van der Waals surface area contributed by atoms with Gasteiger partial charge in [0, 0.05) is 18.7 Å². The quantitative estimate of drug-likeness (QED) is 0.776. The summed E-state index contributed by atoms with van der Waals surface area (Å²) in [6.07, 6.45) is 1.06. The molecule has 0 bridgehead atoms. The van der Waals surface area contributed by atoms with Crippen molar-refractivity contribution >= 4 is 15.9 Å². The van der Waals surface area contributed by atoms with Crippen molar-refractivity contribution in [1.29, 1.82) is 0 Å². The Bertz CT molecular complexity index is 625. The molecular formula is C13H16N2O3S. The van der Waals surface area contributed by atoms with Crippen LogP contribution in [0.4, 0.5) is 0 Å². The standard InChI is InChI=1S/C13H16N2O3S/c1-2-10-9-15(7-8-18-10)13-11-5-3-4-6-12(11)19(16,17)14-13/h3-6,10H,2,7-9H2,1H3. The number of fused-ring (bicyclic) bond motifs is 1. The molecule has 3 rings (SSSR count). The Kier molecular flexibility index (Phi) is 3.06. The predicted molar refractivity (Wildman–Crippen MR) is 71.8 cm³/mol. The van der Waals surface area contributed by atoms with E-state index in [4.69, 9.17) is 4.74 Å². The van der Waals surface area contributed by atoms with Gasteiger partial charge < -0.3 is 9.64 Å². The van der Waals surface area contributed by atoms with E-state index in [0.717, 1.165) is 6.42 Å². The molecule has 5 nitrogen and oxygen atoms in total. The number of benzene rings is 1. The summed E-state index contributed by atoms with van der Waals surface area (Å²) < 4.78 is 33.6. The Labute approximate surface area is 113 Å². The summed E-state index contributed by atoms with van der Waals surface area (Å²) in [4.78, 5) is 2.32. The van der Waals surface area contributed by atoms with E-state index in [-0.39, 0.29) is 6.10 Å². The van der Waals surface area contributed by atoms with Gasteiger partial charge in [-0.25, -0.2) is 0 Å². The van der Waals surface area contributed by atoms with Gasteiger partial charge in [-0.2, -0.15) is 8.42 Å². The number of morpholine rings is 1. The number of hydrogen-bond donors (Lipinski definition) is 0. The largest absolute Gasteiger partial charge is 0.375 e. The summed E-state index contributed by atoms with van der Waals surface area (Å²) in [6, 6.07) is 6.99. The molecule has 0 N–H and O–H groups in total. The van der Waals surface area contributed by atoms with Crippen molar-refractivity contribution in [2.45, 2.75) is 24.3 Å². The van der Waals surface area contributed by atoms with Crippen LogP contribution >= 0.6 is 0 Å². The van der Waals surface area contributed by atoms with Gasteiger partial charge in [-0.1, -0.05) is 19.1 Å². The second kappa shape index (κ2) is 4.61. The topological polar surface area (TPSA) is 59.0 Å². The minimum absolute atomic E-state index is 0.145. The molecule has 0 radical (unpaired) electrons. The Hall–Kier alpha value is -1.40. The fourth-order valence-corrected chi connectivity index (χ4v) is 3.70. The summed E-state index contributed by atoms with van der Waals surface area (Å²) in [5, 5.41) is 0. The van der Waals surface area contributed by atoms with Gasteiger partial charge in [0.05, 0.1) is 12.7 Å². The lowest BCUT2D eigenvalue weighted by Gasteiger charge is -2.33. The highest BCUT2D eigenvalue weighted by Crippen LogP contribution is 2.28. The first-order chi connectivity index (χ1) is 9.12. The van der Waals surface area contributed by atoms with Crippen LogP contribution in [0.2, 0.25) is 0 Å². The fourth-order valence-electron chi connectivity index (χ4n) is 2.48. The van der Waals surface area contributed by atoms with Gasteiger partial charge in [0.1, 0.15) is 4.90 Å². The zero-order valence-electron chi connectivity index (χ0n) is 10.7. The van der Waals surface area contributed by atoms with Crippen LogP contribution in [0.3, 0.4) is 0 Å². The molecule has 0 aliphatic carbocycles. The van der Waals surface area contributed by atoms with Crippen molar-refractivity contribution in [3.8, 4) is 0 Å². The van der Waals surface area contributed by atoms with Crippen molar-refractivity contribution < 1.29 is 13.2 Å². The van der Waals surface area contributed by atoms with Crippen LogP contribution in [-0.2, 0) is 14.8 Å². The summed E-state index contributed by atoms with van der Waals surface area (Å²) in [5.41, 5.74) is 0.708. The molecule has 2 heterocycles. The van der Waals surface area contributed by atoms with Crippen LogP contribution in [0, 0.1) is 0 Å². The first-order valence-corrected chi connectivity index (χ1v) is 7.87. The van der Waals surface area contributed by atoms with Crippen LogP contribution in [0.15, 0.2) is 33.6 Å². The second-order valence-corrected chi connectivity index (χ2v) is 6.31. The number of hydrogen-bond acceptors (Lipinski definition) is 4. The zero-order valence-corrected chi connectivity index (χ0v) is 11.6. The molecule has 102 valence electrons. The molecule has 2 aliphatic rings. The van der Waals surface area contributed by atoms with Crippen molar-refractivity contribution in [2.24, 2.45) is 4.40 Å². The zero-order chi connectivity index (χ0) is 13.5. The molecule has 0 amide bonds. The second-order valence-electron chi connectivity index (χ2n) is 4.73. The highest BCUT2D eigenvalue weighted by Gasteiger charge is 2.33. The highest BCUT2D eigenvalue weighted by molar-refractivity contribution is 7.90. The lowest BCUT2D eigenvalue weighted by atomic mass is 10.1. The Morgan fingerprint density at radius 3 is 3.00 bits per heavy atom. The fraction of sp³-hybridized carbons (Fsp3) is 0.462. The summed E-state index contributed by atoms with van der Waals surface area (Å²) >= 11 is 0. The van der Waals surface area contributed by atoms with Crippen LogP contribution in [-0.4, -0.2) is 45.0 Å². The number of amidine groups is 1. The predicted octanol–water partition coefficient (Wildman–Crippen LogP) is 1.25. The molecule has 1 atom stereocenters. The molecular weight excluding hydrogens is 264 g/mol. The molecule has 6 heteroatoms. The van der Waals surface area contributed by atoms with E-state index >= 15 is 0 Å². The third-order valence-corrected chi connectivity index (χ3v) is 4.83. The van der Waals surface area contributed by atoms with Crippen LogP contribution in [0.25, 0.3) is 0 Å². The molecule has 2 aliphatic heterocycles. The lowest BCUT2D eigenvalue weighted by molar-refractivity contribution is -0.00674. The Morgan fingerprint density at radius 1 is 1.42 bits per heavy atom. The van der Waals surface area contributed by atoms with Gasteiger partial charge in [-0.15, -0.1) is 4.40 Å². The smallest absolute Gasteiger partial charge is 0.285 e. The molecule has 1 aromatic carbocycles. The Balaban J connectivity index is 1.98. The lowest BCUT2D eigenvalue weighted by Crippen LogP contribution is -2.45. The van der Waals surface area contributed by atoms with Gasteiger partial charge in [-0.05, 0) is 18.6 Å². The van der Waals surface area contributed by atoms with Gasteiger partial charge >= 0.3 is 0 Å². The average molecular weight is 280 g/mol. The van der Waals surface area contributed by atoms with Crippen LogP contribution < -0.4 is 0 Å². The van der Waals surface area contributed by atoms with Crippen LogP contribution in [0.1, 0.15) is 18.9 Å². The molecule has 1 unspecified atom stereocenters. The molecule has 1 saturated heterocycles. The maximum Gasteiger partial charge on any atom is 0.285 e. The van der Waals surface area contributed by atoms with E-state index in [1.165, 1.54) is 0 Å². The third-order valence-electron chi connectivity index (χ3n) is 3.51. The van der Waals surface area contributed by atoms with Crippen molar-refractivity contribution in [2.75, 3.05) is 19.7 Å². The molecule has 0 aromatic heterocycles. The maximum absolute atomic E-state index is 12.0. The van der Waals surface area contributed by atoms with E-state index < -0.39 is 10.0 Å². The summed E-state index contributed by atoms with van der Waals surface area (Å²) in [5.74, 6) is 0.567. The Morgan fingerprint density at radius 2 is 2.21 bits per heavy atom. The SMILES string of the molecule is CCC1CN(C2=NS(=O)(=O)c3ccccc32)CCO1. The number of nitrogens with zero attached hydrogens (tertiary/aromatic N) is 2. The van der Waals surface area contributed by atoms with E-state index in [1.54, 1.807) is 12.1 Å². The highest BCUT2D eigenvalue weighted by atomic mass is 32.2. The number of sulfonamides is 1. The number of rotatable bonds is 1. The van der Waals surface area contributed by atoms with E-state index in [0.29, 0.717) is 36.0 Å². The van der Waals surface area contributed by atoms with Crippen LogP contribution in [0.5, 0.6) is 0 Å². The van der Waals surface area contributed by atoms with Gasteiger partial charge in [0.25, 0.3) is 10.0 Å². The third kappa shape index (κ3) is 2.15. The minimum Gasteiger partial charge on any atom is -0.375 e. The maximum atomic E-state index is 12.0. The minimum atomic E-state index is -3.52. The van der Waals surface area contributed by atoms with E-state index in [1.807, 2.05) is 17.0 Å². The molecule has 19 heavy (non-hydrogen) atoms. The molecule has 0 spiro atoms. The van der Waals surface area contributed by atoms with Gasteiger partial charge in [-0.3, -0.25) is 0 Å². The summed E-state index contributed by atoms with van der Waals surface area (Å²) in [7, 11) is -3.52. The first kappa shape index (κ1) is 12.6. The summed E-state index contributed by atoms with van der Waals surface area (Å²) in [6.45, 7) is 4.05. The molecule has 1 fully saturated rings. The average Bonchev–Trinajstić information content (AvgIpc) is 2.72. The molecule has 1 aromatic rings. The van der Waals surface area contributed by atoms with Crippen molar-refractivity contribution in [1.82, 2.24) is 4.90 Å². The normalized spacial score (nSPS) is 25.0. The first-order valence-electron chi connectivity index (χ1n) is 6.43. The van der Waals surface area contributed by atoms with E-state index in [9.17, 15) is 8.42 Å².